The fourth-order valence-electron chi connectivity index (χ4n) is 2.69. The second-order valence-electron chi connectivity index (χ2n) is 7.37. The van der Waals surface area contributed by atoms with Gasteiger partial charge in [0.2, 0.25) is 0 Å². The Morgan fingerprint density at radius 2 is 2.19 bits per heavy atom. The van der Waals surface area contributed by atoms with Crippen LogP contribution in [0.15, 0.2) is 10.2 Å². The number of hydrogen-bond acceptors (Lipinski definition) is 5. The molecular weight excluding hydrogens is 447 g/mol. The minimum atomic E-state index is -0.757. The monoisotopic (exact) mass is 484 g/mol. The van der Waals surface area contributed by atoms with E-state index in [4.69, 9.17) is 9.47 Å². The van der Waals surface area contributed by atoms with Gasteiger partial charge in [0.1, 0.15) is 0 Å². The van der Waals surface area contributed by atoms with Crippen LogP contribution < -0.4 is 21.2 Å². The van der Waals surface area contributed by atoms with Gasteiger partial charge in [-0.3, -0.25) is 0 Å². The Bertz CT molecular complexity index is 437. The van der Waals surface area contributed by atoms with Gasteiger partial charge in [0.05, 0.1) is 0 Å². The number of hydrogen-bond donors (Lipinski definition) is 1. The first-order valence-corrected chi connectivity index (χ1v) is 12.4. The van der Waals surface area contributed by atoms with Crippen molar-refractivity contribution in [2.45, 2.75) is 58.8 Å². The van der Waals surface area contributed by atoms with E-state index in [2.05, 4.69) is 24.0 Å². The van der Waals surface area contributed by atoms with E-state index in [1.54, 1.807) is 26.0 Å². The topological polar surface area (TPSA) is 59.0 Å². The fourth-order valence-corrected chi connectivity index (χ4v) is 5.19. The van der Waals surface area contributed by atoms with Crippen LogP contribution in [-0.2, 0) is 9.47 Å². The van der Waals surface area contributed by atoms with Gasteiger partial charge in [-0.25, -0.2) is 0 Å². The van der Waals surface area contributed by atoms with E-state index < -0.39 is 6.23 Å². The van der Waals surface area contributed by atoms with Crippen molar-refractivity contribution in [3.8, 4) is 0 Å². The summed E-state index contributed by atoms with van der Waals surface area (Å²) in [5.74, 6) is 0.804. The molecule has 0 aliphatic carbocycles. The standard InChI is InChI=1S/C19H37IN2O4/c1-6-16(2)14-20-11-7-8-12-26-19(24)22(4,5)21(17(3)23)15-18-10-9-13-25-18/h7,11,16-18,23H,6,8-10,12-15H2,1-5H3/b11-7+. The number of quaternary nitrogens is 1. The Labute approximate surface area is 169 Å². The molecule has 1 N–H and O–H groups in total. The molecule has 1 rings (SSSR count). The summed E-state index contributed by atoms with van der Waals surface area (Å²) in [6, 6.07) is 0. The molecule has 0 aromatic heterocycles. The summed E-state index contributed by atoms with van der Waals surface area (Å²) in [7, 11) is 3.49. The molecule has 1 saturated heterocycles. The van der Waals surface area contributed by atoms with E-state index in [9.17, 15) is 9.90 Å². The van der Waals surface area contributed by atoms with Crippen LogP contribution in [0.3, 0.4) is 0 Å². The van der Waals surface area contributed by atoms with Crippen LogP contribution in [0.1, 0.15) is 46.5 Å². The molecule has 1 fully saturated rings. The summed E-state index contributed by atoms with van der Waals surface area (Å²) in [6.45, 7) is 7.83. The zero-order chi connectivity index (χ0) is 19.6. The van der Waals surface area contributed by atoms with Gasteiger partial charge in [0.25, 0.3) is 0 Å². The van der Waals surface area contributed by atoms with Crippen LogP contribution in [0.2, 0.25) is 0 Å². The van der Waals surface area contributed by atoms with Crippen molar-refractivity contribution in [1.29, 1.82) is 0 Å². The molecule has 0 spiro atoms. The third-order valence-corrected chi connectivity index (χ3v) is 7.70. The molecule has 1 aliphatic heterocycles. The van der Waals surface area contributed by atoms with Crippen LogP contribution in [0.25, 0.3) is 0 Å². The third kappa shape index (κ3) is 8.21. The van der Waals surface area contributed by atoms with Crippen molar-refractivity contribution in [1.82, 2.24) is 5.01 Å². The average molecular weight is 484 g/mol. The molecular formula is C19H37IN2O4. The first kappa shape index (κ1) is 23.8. The summed E-state index contributed by atoms with van der Waals surface area (Å²) < 4.78 is 14.5. The van der Waals surface area contributed by atoms with E-state index in [-0.39, 0.29) is 38.0 Å². The van der Waals surface area contributed by atoms with Crippen LogP contribution >= 0.6 is 0 Å². The number of aliphatic hydroxyl groups excluding tert-OH is 1. The van der Waals surface area contributed by atoms with Gasteiger partial charge in [0, 0.05) is 0 Å². The summed E-state index contributed by atoms with van der Waals surface area (Å²) in [4.78, 5) is 12.5. The van der Waals surface area contributed by atoms with Crippen molar-refractivity contribution < 1.29 is 45.2 Å². The van der Waals surface area contributed by atoms with Gasteiger partial charge >= 0.3 is 169 Å². The molecule has 0 radical (unpaired) electrons. The number of carbonyl (C=O) groups is 1. The number of aliphatic hydroxyl groups is 1. The van der Waals surface area contributed by atoms with Crippen LogP contribution in [0, 0.1) is 5.92 Å². The van der Waals surface area contributed by atoms with Gasteiger partial charge in [0.15, 0.2) is 0 Å². The molecule has 154 valence electrons. The summed E-state index contributed by atoms with van der Waals surface area (Å²) in [5.41, 5.74) is 0. The van der Waals surface area contributed by atoms with Gasteiger partial charge in [-0.2, -0.15) is 0 Å². The SMILES string of the molecule is CCC(C)C[I-]/C=C/CCOC(=O)[N+](C)(C)N(CC1CCCO1)C(C)O. The Balaban J connectivity index is 2.40. The first-order valence-electron chi connectivity index (χ1n) is 9.59. The Hall–Kier alpha value is -0.220. The maximum atomic E-state index is 12.5. The predicted octanol–water partition coefficient (Wildman–Crippen LogP) is -0.0274. The van der Waals surface area contributed by atoms with Crippen LogP contribution in [0.4, 0.5) is 4.79 Å². The zero-order valence-electron chi connectivity index (χ0n) is 17.0. The fraction of sp³-hybridized carbons (Fsp3) is 0.842. The summed E-state index contributed by atoms with van der Waals surface area (Å²) in [5, 5.41) is 11.8. The molecule has 7 heteroatoms. The first-order chi connectivity index (χ1) is 12.3. The van der Waals surface area contributed by atoms with Crippen molar-refractivity contribution >= 4 is 6.09 Å². The second-order valence-corrected chi connectivity index (χ2v) is 9.85. The van der Waals surface area contributed by atoms with E-state index >= 15 is 0 Å². The van der Waals surface area contributed by atoms with Crippen molar-refractivity contribution in [2.24, 2.45) is 5.92 Å². The third-order valence-electron chi connectivity index (χ3n) is 4.67. The van der Waals surface area contributed by atoms with E-state index in [0.717, 1.165) is 31.8 Å². The van der Waals surface area contributed by atoms with Crippen LogP contribution in [0.5, 0.6) is 0 Å². The number of ether oxygens (including phenoxy) is 2. The zero-order valence-corrected chi connectivity index (χ0v) is 19.1. The second kappa shape index (κ2) is 12.3. The van der Waals surface area contributed by atoms with Crippen molar-refractivity contribution in [2.75, 3.05) is 38.3 Å². The molecule has 0 bridgehead atoms. The number of alkyl halides is 1. The van der Waals surface area contributed by atoms with Crippen LogP contribution in [-0.4, -0.2) is 71.4 Å². The summed E-state index contributed by atoms with van der Waals surface area (Å²) >= 11 is 0.113. The number of amides is 1. The maximum absolute atomic E-state index is 12.5. The van der Waals surface area contributed by atoms with Gasteiger partial charge in [-0.05, 0) is 0 Å². The number of rotatable bonds is 11. The number of carbonyl (C=O) groups excluding carboxylic acids is 1. The average Bonchev–Trinajstić information content (AvgIpc) is 3.11. The van der Waals surface area contributed by atoms with E-state index in [0.29, 0.717) is 13.2 Å². The van der Waals surface area contributed by atoms with E-state index in [1.807, 2.05) is 0 Å². The molecule has 3 unspecified atom stereocenters. The Morgan fingerprint density at radius 3 is 2.77 bits per heavy atom. The molecule has 0 aromatic carbocycles. The molecule has 26 heavy (non-hydrogen) atoms. The van der Waals surface area contributed by atoms with Crippen molar-refractivity contribution in [3.63, 3.8) is 0 Å². The van der Waals surface area contributed by atoms with E-state index in [1.165, 1.54) is 10.8 Å². The minimum absolute atomic E-state index is 0.0622. The quantitative estimate of drug-likeness (QED) is 0.112. The number of nitrogens with zero attached hydrogens (tertiary/aromatic N) is 2. The number of halogens is 1. The normalized spacial score (nSPS) is 20.8. The van der Waals surface area contributed by atoms with Crippen molar-refractivity contribution in [3.05, 3.63) is 10.2 Å². The molecule has 0 aromatic rings. The van der Waals surface area contributed by atoms with Gasteiger partial charge in [-0.1, -0.05) is 0 Å². The molecule has 6 nitrogen and oxygen atoms in total. The summed E-state index contributed by atoms with van der Waals surface area (Å²) in [6.07, 6.45) is 5.05. The molecule has 0 saturated carbocycles. The van der Waals surface area contributed by atoms with Gasteiger partial charge in [-0.15, -0.1) is 0 Å². The van der Waals surface area contributed by atoms with Gasteiger partial charge < -0.3 is 0 Å². The molecule has 1 aliphatic rings. The Kier molecular flexibility index (Phi) is 11.2. The molecule has 1 amide bonds. The molecule has 1 heterocycles. The molecule has 3 atom stereocenters. The predicted molar refractivity (Wildman–Crippen MR) is 98.9 cm³/mol. The Morgan fingerprint density at radius 1 is 1.46 bits per heavy atom.